The molecule has 0 aromatic heterocycles. The zero-order chi connectivity index (χ0) is 18.4. The third kappa shape index (κ3) is 4.94. The summed E-state index contributed by atoms with van der Waals surface area (Å²) in [5, 5.41) is 0. The second-order valence-corrected chi connectivity index (χ2v) is 7.41. The van der Waals surface area contributed by atoms with E-state index in [9.17, 15) is 13.2 Å². The number of ether oxygens (including phenoxy) is 1. The van der Waals surface area contributed by atoms with Gasteiger partial charge in [0.25, 0.3) is 15.9 Å². The SMILES string of the molecule is CCONC(=O)c1ccc(OC)c(S(=O)(=O)Nc2ccc(Br)cc2)c1. The van der Waals surface area contributed by atoms with Gasteiger partial charge in [-0.1, -0.05) is 15.9 Å². The van der Waals surface area contributed by atoms with Gasteiger partial charge >= 0.3 is 0 Å². The Balaban J connectivity index is 2.37. The average molecular weight is 429 g/mol. The second-order valence-electron chi connectivity index (χ2n) is 4.84. The molecule has 0 heterocycles. The zero-order valence-electron chi connectivity index (χ0n) is 13.6. The van der Waals surface area contributed by atoms with Crippen LogP contribution >= 0.6 is 15.9 Å². The molecule has 7 nitrogen and oxygen atoms in total. The molecule has 0 spiro atoms. The molecule has 0 saturated heterocycles. The molecular weight excluding hydrogens is 412 g/mol. The quantitative estimate of drug-likeness (QED) is 0.661. The lowest BCUT2D eigenvalue weighted by Crippen LogP contribution is -2.24. The summed E-state index contributed by atoms with van der Waals surface area (Å²) in [6.07, 6.45) is 0. The van der Waals surface area contributed by atoms with Crippen LogP contribution in [-0.4, -0.2) is 28.0 Å². The van der Waals surface area contributed by atoms with Crippen molar-refractivity contribution in [3.05, 3.63) is 52.5 Å². The molecule has 0 radical (unpaired) electrons. The predicted molar refractivity (Wildman–Crippen MR) is 97.0 cm³/mol. The van der Waals surface area contributed by atoms with E-state index in [1.165, 1.54) is 25.3 Å². The number of nitrogens with one attached hydrogen (secondary N) is 2. The first-order chi connectivity index (χ1) is 11.9. The third-order valence-electron chi connectivity index (χ3n) is 3.12. The molecule has 2 N–H and O–H groups in total. The molecule has 0 aliphatic rings. The number of sulfonamides is 1. The highest BCUT2D eigenvalue weighted by atomic mass is 79.9. The van der Waals surface area contributed by atoms with E-state index in [2.05, 4.69) is 26.1 Å². The van der Waals surface area contributed by atoms with E-state index in [0.29, 0.717) is 5.69 Å². The van der Waals surface area contributed by atoms with E-state index in [4.69, 9.17) is 9.57 Å². The van der Waals surface area contributed by atoms with Crippen LogP contribution in [0, 0.1) is 0 Å². The highest BCUT2D eigenvalue weighted by Crippen LogP contribution is 2.27. The third-order valence-corrected chi connectivity index (χ3v) is 5.05. The van der Waals surface area contributed by atoms with Crippen LogP contribution in [0.15, 0.2) is 51.8 Å². The van der Waals surface area contributed by atoms with Crippen LogP contribution < -0.4 is 14.9 Å². The van der Waals surface area contributed by atoms with Gasteiger partial charge in [-0.3, -0.25) is 14.4 Å². The second kappa shape index (κ2) is 8.32. The smallest absolute Gasteiger partial charge is 0.274 e. The van der Waals surface area contributed by atoms with Gasteiger partial charge in [0.05, 0.1) is 13.7 Å². The molecule has 25 heavy (non-hydrogen) atoms. The normalized spacial score (nSPS) is 11.0. The Morgan fingerprint density at radius 2 is 1.84 bits per heavy atom. The number of carbonyl (C=O) groups excluding carboxylic acids is 1. The predicted octanol–water partition coefficient (Wildman–Crippen LogP) is 2.94. The van der Waals surface area contributed by atoms with Crippen LogP contribution in [0.5, 0.6) is 5.75 Å². The number of halogens is 1. The molecule has 0 bridgehead atoms. The van der Waals surface area contributed by atoms with Crippen molar-refractivity contribution in [2.75, 3.05) is 18.4 Å². The van der Waals surface area contributed by atoms with Crippen molar-refractivity contribution >= 4 is 37.5 Å². The first-order valence-electron chi connectivity index (χ1n) is 7.26. The molecular formula is C16H17BrN2O5S. The highest BCUT2D eigenvalue weighted by molar-refractivity contribution is 9.10. The lowest BCUT2D eigenvalue weighted by atomic mass is 10.2. The van der Waals surface area contributed by atoms with E-state index in [1.807, 2.05) is 0 Å². The highest BCUT2D eigenvalue weighted by Gasteiger charge is 2.22. The fraction of sp³-hybridized carbons (Fsp3) is 0.188. The summed E-state index contributed by atoms with van der Waals surface area (Å²) in [6.45, 7) is 2.00. The summed E-state index contributed by atoms with van der Waals surface area (Å²) in [5.74, 6) is -0.429. The van der Waals surface area contributed by atoms with E-state index in [-0.39, 0.29) is 22.8 Å². The van der Waals surface area contributed by atoms with Crippen molar-refractivity contribution in [1.29, 1.82) is 0 Å². The Labute approximate surface area is 154 Å². The van der Waals surface area contributed by atoms with Crippen molar-refractivity contribution < 1.29 is 22.8 Å². The fourth-order valence-corrected chi connectivity index (χ4v) is 3.47. The summed E-state index contributed by atoms with van der Waals surface area (Å²) < 4.78 is 33.8. The summed E-state index contributed by atoms with van der Waals surface area (Å²) in [4.78, 5) is 16.7. The van der Waals surface area contributed by atoms with Crippen LogP contribution in [0.2, 0.25) is 0 Å². The molecule has 0 saturated carbocycles. The molecule has 0 unspecified atom stereocenters. The summed E-state index contributed by atoms with van der Waals surface area (Å²) in [5.41, 5.74) is 2.73. The van der Waals surface area contributed by atoms with Crippen LogP contribution in [0.25, 0.3) is 0 Å². The molecule has 0 aliphatic heterocycles. The van der Waals surface area contributed by atoms with E-state index >= 15 is 0 Å². The van der Waals surface area contributed by atoms with Crippen LogP contribution in [-0.2, 0) is 14.9 Å². The maximum absolute atomic E-state index is 12.7. The number of hydroxylamine groups is 1. The van der Waals surface area contributed by atoms with Crippen molar-refractivity contribution in [2.24, 2.45) is 0 Å². The Hall–Kier alpha value is -2.10. The Bertz CT molecular complexity index is 853. The molecule has 0 atom stereocenters. The lowest BCUT2D eigenvalue weighted by Gasteiger charge is -2.13. The number of methoxy groups -OCH3 is 1. The summed E-state index contributed by atoms with van der Waals surface area (Å²) in [7, 11) is -2.60. The molecule has 1 amide bonds. The average Bonchev–Trinajstić information content (AvgIpc) is 2.60. The Kier molecular flexibility index (Phi) is 6.40. The van der Waals surface area contributed by atoms with Gasteiger partial charge in [-0.05, 0) is 49.4 Å². The van der Waals surface area contributed by atoms with Gasteiger partial charge in [0, 0.05) is 15.7 Å². The van der Waals surface area contributed by atoms with Gasteiger partial charge in [-0.15, -0.1) is 0 Å². The van der Waals surface area contributed by atoms with E-state index in [0.717, 1.165) is 4.47 Å². The first kappa shape index (κ1) is 19.2. The van der Waals surface area contributed by atoms with Gasteiger partial charge in [-0.25, -0.2) is 13.9 Å². The monoisotopic (exact) mass is 428 g/mol. The van der Waals surface area contributed by atoms with Gasteiger partial charge in [0.15, 0.2) is 0 Å². The largest absolute Gasteiger partial charge is 0.495 e. The van der Waals surface area contributed by atoms with Crippen LogP contribution in [0.4, 0.5) is 5.69 Å². The van der Waals surface area contributed by atoms with Crippen molar-refractivity contribution in [2.45, 2.75) is 11.8 Å². The standard InChI is InChI=1S/C16H17BrN2O5S/c1-3-24-18-16(20)11-4-9-14(23-2)15(10-11)25(21,22)19-13-7-5-12(17)6-8-13/h4-10,19H,3H2,1-2H3,(H,18,20). The molecule has 9 heteroatoms. The first-order valence-corrected chi connectivity index (χ1v) is 9.53. The number of rotatable bonds is 7. The molecule has 0 aliphatic carbocycles. The number of anilines is 1. The van der Waals surface area contributed by atoms with E-state index in [1.54, 1.807) is 31.2 Å². The number of benzene rings is 2. The van der Waals surface area contributed by atoms with Gasteiger partial charge in [0.1, 0.15) is 10.6 Å². The molecule has 134 valence electrons. The lowest BCUT2D eigenvalue weighted by molar-refractivity contribution is 0.0364. The fourth-order valence-electron chi connectivity index (χ4n) is 1.95. The number of hydrogen-bond donors (Lipinski definition) is 2. The zero-order valence-corrected chi connectivity index (χ0v) is 16.0. The molecule has 2 aromatic carbocycles. The maximum atomic E-state index is 12.7. The number of amides is 1. The number of hydrogen-bond acceptors (Lipinski definition) is 5. The van der Waals surface area contributed by atoms with Crippen LogP contribution in [0.1, 0.15) is 17.3 Å². The Morgan fingerprint density at radius 1 is 1.16 bits per heavy atom. The van der Waals surface area contributed by atoms with Gasteiger partial charge in [0.2, 0.25) is 0 Å². The topological polar surface area (TPSA) is 93.7 Å². The summed E-state index contributed by atoms with van der Waals surface area (Å²) >= 11 is 3.29. The minimum absolute atomic E-state index is 0.123. The Morgan fingerprint density at radius 3 is 2.44 bits per heavy atom. The van der Waals surface area contributed by atoms with Crippen molar-refractivity contribution in [1.82, 2.24) is 5.48 Å². The minimum atomic E-state index is -3.96. The molecule has 0 fully saturated rings. The van der Waals surface area contributed by atoms with E-state index < -0.39 is 15.9 Å². The van der Waals surface area contributed by atoms with Crippen molar-refractivity contribution in [3.8, 4) is 5.75 Å². The van der Waals surface area contributed by atoms with Crippen molar-refractivity contribution in [3.63, 3.8) is 0 Å². The molecule has 2 rings (SSSR count). The number of carbonyl (C=O) groups is 1. The summed E-state index contributed by atoms with van der Waals surface area (Å²) in [6, 6.07) is 10.7. The van der Waals surface area contributed by atoms with Gasteiger partial charge < -0.3 is 4.74 Å². The minimum Gasteiger partial charge on any atom is -0.495 e. The van der Waals surface area contributed by atoms with Crippen LogP contribution in [0.3, 0.4) is 0 Å². The maximum Gasteiger partial charge on any atom is 0.274 e. The van der Waals surface area contributed by atoms with Gasteiger partial charge in [-0.2, -0.15) is 0 Å². The molecule has 2 aromatic rings.